The van der Waals surface area contributed by atoms with Gasteiger partial charge in [0.2, 0.25) is 0 Å². The lowest BCUT2D eigenvalue weighted by Crippen LogP contribution is -1.95. The van der Waals surface area contributed by atoms with Gasteiger partial charge >= 0.3 is 0 Å². The van der Waals surface area contributed by atoms with E-state index in [2.05, 4.69) is 76.9 Å². The van der Waals surface area contributed by atoms with E-state index in [1.165, 1.54) is 61.8 Å². The number of pyridine rings is 1. The average molecular weight is 360 g/mol. The number of hydrogen-bond donors (Lipinski definition) is 0. The minimum Gasteiger partial charge on any atom is -0.258 e. The predicted molar refractivity (Wildman–Crippen MR) is 122 cm³/mol. The fourth-order valence-electron chi connectivity index (χ4n) is 2.26. The summed E-state index contributed by atoms with van der Waals surface area (Å²) in [5, 5.41) is 0. The molecule has 0 bridgehead atoms. The van der Waals surface area contributed by atoms with Crippen molar-refractivity contribution in [3.8, 4) is 0 Å². The highest BCUT2D eigenvalue weighted by atomic mass is 14.7. The molecule has 1 heteroatoms. The third-order valence-electron chi connectivity index (χ3n) is 4.15. The fraction of sp³-hybridized carbons (Fsp3) is 0.640. The van der Waals surface area contributed by atoms with Gasteiger partial charge in [-0.1, -0.05) is 98.8 Å². The molecule has 2 rings (SSSR count). The highest BCUT2D eigenvalue weighted by Gasteiger charge is 2.05. The number of unbranched alkanes of at least 4 members (excludes halogenated alkanes) is 4. The molecule has 1 aromatic rings. The maximum atomic E-state index is 4.63. The van der Waals surface area contributed by atoms with Crippen LogP contribution in [0.2, 0.25) is 0 Å². The zero-order chi connectivity index (χ0) is 18.9. The maximum absolute atomic E-state index is 4.63. The minimum atomic E-state index is 0. The van der Waals surface area contributed by atoms with Crippen LogP contribution in [0, 0.1) is 6.92 Å². The van der Waals surface area contributed by atoms with E-state index in [1.54, 1.807) is 0 Å². The average Bonchev–Trinajstić information content (AvgIpc) is 3.17. The molecule has 1 aromatic heterocycles. The molecule has 0 fully saturated rings. The molecule has 1 heterocycles. The molecule has 0 atom stereocenters. The first-order valence-corrected chi connectivity index (χ1v) is 10.5. The van der Waals surface area contributed by atoms with Crippen LogP contribution in [0.4, 0.5) is 0 Å². The molecule has 0 unspecified atom stereocenters. The quantitative estimate of drug-likeness (QED) is 0.443. The summed E-state index contributed by atoms with van der Waals surface area (Å²) in [6, 6.07) is 4.44. The molecular weight excluding hydrogens is 314 g/mol. The second kappa shape index (κ2) is 18.4. The Hall–Kier alpha value is -1.37. The van der Waals surface area contributed by atoms with Crippen LogP contribution in [-0.4, -0.2) is 4.98 Å². The van der Waals surface area contributed by atoms with Crippen molar-refractivity contribution in [3.63, 3.8) is 0 Å². The number of nitrogens with zero attached hydrogens (tertiary/aromatic N) is 1. The molecule has 0 radical (unpaired) electrons. The summed E-state index contributed by atoms with van der Waals surface area (Å²) in [6.07, 6.45) is 18.0. The lowest BCUT2D eigenvalue weighted by atomic mass is 10.0. The van der Waals surface area contributed by atoms with Crippen molar-refractivity contribution in [1.82, 2.24) is 4.98 Å². The lowest BCUT2D eigenvalue weighted by molar-refractivity contribution is 0.706. The van der Waals surface area contributed by atoms with Crippen molar-refractivity contribution in [2.24, 2.45) is 0 Å². The number of aromatic nitrogens is 1. The summed E-state index contributed by atoms with van der Waals surface area (Å²) >= 11 is 0. The van der Waals surface area contributed by atoms with Crippen molar-refractivity contribution in [3.05, 3.63) is 47.3 Å². The smallest absolute Gasteiger partial charge is 0.0412 e. The molecule has 0 aromatic carbocycles. The zero-order valence-corrected chi connectivity index (χ0v) is 17.7. The molecule has 0 saturated carbocycles. The summed E-state index contributed by atoms with van der Waals surface area (Å²) in [6.45, 7) is 13.1. The van der Waals surface area contributed by atoms with Crippen molar-refractivity contribution >= 4 is 5.57 Å². The van der Waals surface area contributed by atoms with Crippen molar-refractivity contribution < 1.29 is 0 Å². The van der Waals surface area contributed by atoms with Gasteiger partial charge in [0.1, 0.15) is 0 Å². The minimum absolute atomic E-state index is 0. The van der Waals surface area contributed by atoms with Crippen LogP contribution in [0.15, 0.2) is 30.4 Å². The van der Waals surface area contributed by atoms with E-state index in [0.717, 1.165) is 18.5 Å². The van der Waals surface area contributed by atoms with E-state index in [0.29, 0.717) is 0 Å². The first-order valence-electron chi connectivity index (χ1n) is 10.5. The third-order valence-corrected chi connectivity index (χ3v) is 4.15. The maximum Gasteiger partial charge on any atom is 0.0412 e. The van der Waals surface area contributed by atoms with Gasteiger partial charge < -0.3 is 0 Å². The number of aryl methyl sites for hydroxylation is 2. The highest BCUT2D eigenvalue weighted by molar-refractivity contribution is 5.76. The summed E-state index contributed by atoms with van der Waals surface area (Å²) in [7, 11) is 0. The van der Waals surface area contributed by atoms with Crippen LogP contribution in [0.1, 0.15) is 110 Å². The summed E-state index contributed by atoms with van der Waals surface area (Å²) in [5.41, 5.74) is 5.06. The Kier molecular flexibility index (Phi) is 19.0. The van der Waals surface area contributed by atoms with E-state index in [4.69, 9.17) is 0 Å². The second-order valence-electron chi connectivity index (χ2n) is 6.74. The Morgan fingerprint density at radius 2 is 1.46 bits per heavy atom. The highest BCUT2D eigenvalue weighted by Crippen LogP contribution is 2.23. The molecule has 1 aliphatic rings. The van der Waals surface area contributed by atoms with Gasteiger partial charge in [-0.2, -0.15) is 0 Å². The van der Waals surface area contributed by atoms with Crippen molar-refractivity contribution in [1.29, 1.82) is 0 Å². The van der Waals surface area contributed by atoms with Gasteiger partial charge in [0.05, 0.1) is 0 Å². The normalized spacial score (nSPS) is 11.5. The Morgan fingerprint density at radius 3 is 1.92 bits per heavy atom. The van der Waals surface area contributed by atoms with E-state index < -0.39 is 0 Å². The van der Waals surface area contributed by atoms with E-state index in [-0.39, 0.29) is 7.43 Å². The summed E-state index contributed by atoms with van der Waals surface area (Å²) in [5.74, 6) is 0. The largest absolute Gasteiger partial charge is 0.258 e. The third kappa shape index (κ3) is 12.9. The van der Waals surface area contributed by atoms with Gasteiger partial charge in [-0.25, -0.2) is 0 Å². The van der Waals surface area contributed by atoms with Crippen molar-refractivity contribution in [2.75, 3.05) is 0 Å². The molecule has 0 saturated heterocycles. The van der Waals surface area contributed by atoms with E-state index in [1.807, 2.05) is 0 Å². The van der Waals surface area contributed by atoms with Crippen LogP contribution in [-0.2, 0) is 6.42 Å². The Morgan fingerprint density at radius 1 is 0.846 bits per heavy atom. The van der Waals surface area contributed by atoms with Crippen LogP contribution in [0.5, 0.6) is 0 Å². The lowest BCUT2D eigenvalue weighted by Gasteiger charge is -2.06. The van der Waals surface area contributed by atoms with Gasteiger partial charge in [-0.05, 0) is 49.5 Å². The molecule has 1 aliphatic carbocycles. The van der Waals surface area contributed by atoms with Crippen LogP contribution in [0.25, 0.3) is 5.57 Å². The first kappa shape index (κ1) is 26.9. The van der Waals surface area contributed by atoms with Crippen molar-refractivity contribution in [2.45, 2.75) is 107 Å². The summed E-state index contributed by atoms with van der Waals surface area (Å²) < 4.78 is 0. The van der Waals surface area contributed by atoms with Gasteiger partial charge in [0, 0.05) is 11.4 Å². The van der Waals surface area contributed by atoms with E-state index in [9.17, 15) is 0 Å². The Bertz CT molecular complexity index is 489. The van der Waals surface area contributed by atoms with Crippen LogP contribution in [0.3, 0.4) is 0 Å². The number of rotatable bonds is 7. The standard InChI is InChI=1S/C16H21N.2C4H10.CH4/c1-3-4-5-10-16-12-15(11-13(2)17-16)14-8-6-7-9-14;2*1-3-4-2;/h6,8-9,11-12H,3-5,7,10H2,1-2H3;2*3-4H2,1-2H3;1H4. The summed E-state index contributed by atoms with van der Waals surface area (Å²) in [4.78, 5) is 4.63. The van der Waals surface area contributed by atoms with Gasteiger partial charge in [0.15, 0.2) is 0 Å². The molecule has 0 spiro atoms. The first-order chi connectivity index (χ1) is 12.1. The van der Waals surface area contributed by atoms with E-state index >= 15 is 0 Å². The molecule has 0 amide bonds. The second-order valence-corrected chi connectivity index (χ2v) is 6.74. The number of hydrogen-bond acceptors (Lipinski definition) is 1. The van der Waals surface area contributed by atoms with Gasteiger partial charge in [-0.3, -0.25) is 4.98 Å². The monoisotopic (exact) mass is 359 g/mol. The molecular formula is C25H45N. The van der Waals surface area contributed by atoms with Crippen LogP contribution >= 0.6 is 0 Å². The molecule has 1 nitrogen and oxygen atoms in total. The number of allylic oxidation sites excluding steroid dienone is 4. The van der Waals surface area contributed by atoms with Gasteiger partial charge in [0.25, 0.3) is 0 Å². The Labute approximate surface area is 165 Å². The molecule has 0 N–H and O–H groups in total. The Balaban J connectivity index is 0. The van der Waals surface area contributed by atoms with Gasteiger partial charge in [-0.15, -0.1) is 0 Å². The van der Waals surface area contributed by atoms with Crippen LogP contribution < -0.4 is 0 Å². The molecule has 150 valence electrons. The molecule has 26 heavy (non-hydrogen) atoms. The topological polar surface area (TPSA) is 12.9 Å². The molecule has 0 aliphatic heterocycles. The fourth-order valence-corrected chi connectivity index (χ4v) is 2.26. The predicted octanol–water partition coefficient (Wildman–Crippen LogP) is 8.71. The zero-order valence-electron chi connectivity index (χ0n) is 17.7. The SMILES string of the molecule is C.CCCC.CCCC.CCCCCc1cc(C2=CCC=C2)cc(C)n1.